The predicted molar refractivity (Wildman–Crippen MR) is 558 cm³/mol. The summed E-state index contributed by atoms with van der Waals surface area (Å²) in [5.74, 6) is 0. The van der Waals surface area contributed by atoms with E-state index >= 15 is 0 Å². The molecule has 0 saturated heterocycles. The SMILES string of the molecule is c1ccc([Si](c2ccccc2)(c2ccccc2)c2ccc3c4ccccc4n(-c4ccc5c(c4)COc4nc6ccccc6n4-5)c3c2)cc1.c1ccc2c(c1)nc1n2-c2ccc(-c3ccc4oc5ccccc5c4c3)cc2CO1.c1ccc2c(c1)nc1n2-c2ccc(-c3cccc4c3oc3ccccc34)cc2CO1.c1ccc2c(c1)nc1n2-c2ccc(-c3cccc4oc5ccccc5c34)cc2CO1. The first-order valence-corrected chi connectivity index (χ1v) is 48.8. The highest BCUT2D eigenvalue weighted by molar-refractivity contribution is 7.20. The van der Waals surface area contributed by atoms with E-state index in [1.165, 1.54) is 48.1 Å². The number of aromatic nitrogens is 9. The third-order valence-electron chi connectivity index (χ3n) is 27.9. The van der Waals surface area contributed by atoms with Gasteiger partial charge in [0.05, 0.1) is 77.9 Å². The van der Waals surface area contributed by atoms with Crippen molar-refractivity contribution in [2.45, 2.75) is 26.4 Å². The summed E-state index contributed by atoms with van der Waals surface area (Å²) in [6, 6.07) is 155. The molecule has 31 rings (SSSR count). The average Bonchev–Trinajstić information content (AvgIpc) is 0.871. The molecule has 0 radical (unpaired) electrons. The van der Waals surface area contributed by atoms with Gasteiger partial charge in [-0.15, -0.1) is 0 Å². The summed E-state index contributed by atoms with van der Waals surface area (Å²) in [4.78, 5) is 18.6. The summed E-state index contributed by atoms with van der Waals surface area (Å²) >= 11 is 0. The number of furan rings is 3. The monoisotopic (exact) mass is 1810 g/mol. The van der Waals surface area contributed by atoms with Crippen LogP contribution in [0.2, 0.25) is 0 Å². The standard InChI is InChI=1S/C44H31N3OSi.3C26H16N2O2/c1-4-14-33(15-5-1)49(34-16-6-2-7-17-34,35-18-8-3-9-19-35)36-25-26-38-37-20-10-12-22-41(37)46(43(38)29-36)32-24-27-40-31(28-32)30-48-44-45-39-21-11-13-23-42(39)47(40)44;1-4-11-24-19(6-1)20-8-5-7-18(25(20)30-24)16-12-13-22-17(14-16)15-29-26-27-21-9-2-3-10-23(21)28(22)26;1-4-10-23-19(6-1)25-18(7-5-11-24(25)30-23)16-12-13-21-17(14-16)15-29-26-27-20-8-2-3-9-22(20)28(21)26;1-4-8-24-19(5-1)20-14-17(10-12-25(20)30-24)16-9-11-22-18(13-16)15-29-26-27-21-6-2-3-7-23(21)28(22)26/h1-29H,30H2;3*1-14H,15H2. The highest BCUT2D eigenvalue weighted by Crippen LogP contribution is 2.46. The van der Waals surface area contributed by atoms with Gasteiger partial charge in [-0.25, -0.2) is 0 Å². The molecule has 658 valence electrons. The topological polar surface area (TPSA) is 153 Å². The fourth-order valence-electron chi connectivity index (χ4n) is 21.7. The van der Waals surface area contributed by atoms with Crippen molar-refractivity contribution in [3.63, 3.8) is 0 Å². The van der Waals surface area contributed by atoms with E-state index in [2.05, 4.69) is 347 Å². The second kappa shape index (κ2) is 32.0. The average molecular weight is 1810 g/mol. The third-order valence-corrected chi connectivity index (χ3v) is 32.7. The van der Waals surface area contributed by atoms with E-state index in [4.69, 9.17) is 37.2 Å². The van der Waals surface area contributed by atoms with Gasteiger partial charge in [0.1, 0.15) is 59.9 Å². The zero-order chi connectivity index (χ0) is 91.3. The molecule has 8 aromatic heterocycles. The maximum atomic E-state index is 6.24. The number of rotatable bonds is 8. The van der Waals surface area contributed by atoms with Crippen LogP contribution >= 0.6 is 0 Å². The van der Waals surface area contributed by atoms with Crippen molar-refractivity contribution in [2.24, 2.45) is 0 Å². The van der Waals surface area contributed by atoms with Crippen LogP contribution in [0, 0.1) is 0 Å². The zero-order valence-electron chi connectivity index (χ0n) is 74.7. The zero-order valence-corrected chi connectivity index (χ0v) is 75.7. The second-order valence-electron chi connectivity index (χ2n) is 35.7. The Hall–Kier alpha value is -18.3. The van der Waals surface area contributed by atoms with Crippen LogP contribution < -0.4 is 39.7 Å². The van der Waals surface area contributed by atoms with Crippen LogP contribution in [0.5, 0.6) is 24.0 Å². The first-order valence-electron chi connectivity index (χ1n) is 46.8. The summed E-state index contributed by atoms with van der Waals surface area (Å²) < 4.78 is 53.4. The normalized spacial score (nSPS) is 12.7. The lowest BCUT2D eigenvalue weighted by molar-refractivity contribution is 0.265. The first-order chi connectivity index (χ1) is 68.9. The summed E-state index contributed by atoms with van der Waals surface area (Å²) in [5.41, 5.74) is 32.9. The van der Waals surface area contributed by atoms with Gasteiger partial charge in [0.15, 0.2) is 8.07 Å². The Balaban J connectivity index is 0.0000000936. The van der Waals surface area contributed by atoms with Gasteiger partial charge in [-0.05, 0) is 200 Å². The first kappa shape index (κ1) is 79.3. The molecule has 0 spiro atoms. The van der Waals surface area contributed by atoms with Crippen molar-refractivity contribution in [3.05, 3.63) is 453 Å². The molecule has 0 unspecified atom stereocenters. The van der Waals surface area contributed by atoms with Gasteiger partial charge < -0.3 is 36.8 Å². The molecule has 4 aliphatic rings. The maximum Gasteiger partial charge on any atom is 0.302 e. The van der Waals surface area contributed by atoms with Crippen LogP contribution in [0.1, 0.15) is 22.3 Å². The van der Waals surface area contributed by atoms with Crippen LogP contribution in [-0.2, 0) is 26.4 Å². The Labute approximate surface area is 795 Å². The van der Waals surface area contributed by atoms with Gasteiger partial charge in [0.25, 0.3) is 0 Å². The summed E-state index contributed by atoms with van der Waals surface area (Å²) in [5, 5.41) is 14.8. The van der Waals surface area contributed by atoms with Crippen molar-refractivity contribution in [1.82, 2.24) is 42.8 Å². The van der Waals surface area contributed by atoms with Crippen molar-refractivity contribution in [3.8, 4) is 85.9 Å². The molecule has 27 aromatic rings. The maximum absolute atomic E-state index is 6.24. The number of benzene rings is 19. The molecule has 0 amide bonds. The molecule has 0 aliphatic carbocycles. The van der Waals surface area contributed by atoms with Gasteiger partial charge in [0.2, 0.25) is 0 Å². The quantitative estimate of drug-likeness (QED) is 0.106. The Morgan fingerprint density at radius 2 is 0.568 bits per heavy atom. The van der Waals surface area contributed by atoms with Crippen molar-refractivity contribution in [2.75, 3.05) is 0 Å². The molecular formula is C122H79N9O7Si. The molecule has 0 bridgehead atoms. The Morgan fingerprint density at radius 1 is 0.209 bits per heavy atom. The number of nitrogens with zero attached hydrogens (tertiary/aromatic N) is 9. The van der Waals surface area contributed by atoms with Crippen molar-refractivity contribution < 1.29 is 32.2 Å². The molecule has 0 fully saturated rings. The molecule has 4 aliphatic heterocycles. The van der Waals surface area contributed by atoms with Gasteiger partial charge in [-0.2, -0.15) is 19.9 Å². The van der Waals surface area contributed by atoms with E-state index in [1.807, 2.05) is 121 Å². The van der Waals surface area contributed by atoms with Crippen LogP contribution in [0.15, 0.2) is 444 Å². The molecule has 12 heterocycles. The van der Waals surface area contributed by atoms with Gasteiger partial charge >= 0.3 is 24.0 Å². The third kappa shape index (κ3) is 12.8. The molecule has 0 saturated carbocycles. The van der Waals surface area contributed by atoms with Gasteiger partial charge in [0, 0.05) is 76.6 Å². The molecular weight excluding hydrogens is 1730 g/mol. The lowest BCUT2D eigenvalue weighted by atomic mass is 9.97. The number of para-hydroxylation sites is 13. The van der Waals surface area contributed by atoms with Crippen LogP contribution in [0.3, 0.4) is 0 Å². The van der Waals surface area contributed by atoms with E-state index in [0.717, 1.165) is 188 Å². The predicted octanol–water partition coefficient (Wildman–Crippen LogP) is 26.8. The van der Waals surface area contributed by atoms with Crippen LogP contribution in [0.25, 0.3) is 194 Å². The highest BCUT2D eigenvalue weighted by atomic mass is 28.3. The Morgan fingerprint density at radius 3 is 1.10 bits per heavy atom. The number of hydrogen-bond donors (Lipinski definition) is 0. The molecule has 17 heteroatoms. The fourth-order valence-corrected chi connectivity index (χ4v) is 26.4. The van der Waals surface area contributed by atoms with E-state index < -0.39 is 8.07 Å². The van der Waals surface area contributed by atoms with Crippen molar-refractivity contribution >= 4 is 161 Å². The Kier molecular flexibility index (Phi) is 18.2. The lowest BCUT2D eigenvalue weighted by Crippen LogP contribution is -2.74. The summed E-state index contributed by atoms with van der Waals surface area (Å²) in [6.45, 7) is 2.00. The largest absolute Gasteiger partial charge is 0.459 e. The Bertz CT molecular complexity index is 9540. The minimum atomic E-state index is -2.72. The molecule has 19 aromatic carbocycles. The number of imidazole rings is 4. The fraction of sp³-hybridized carbons (Fsp3) is 0.0328. The smallest absolute Gasteiger partial charge is 0.302 e. The molecule has 16 nitrogen and oxygen atoms in total. The lowest BCUT2D eigenvalue weighted by Gasteiger charge is -2.34. The minimum Gasteiger partial charge on any atom is -0.459 e. The molecule has 139 heavy (non-hydrogen) atoms. The van der Waals surface area contributed by atoms with E-state index in [9.17, 15) is 0 Å². The number of fused-ring (bicyclic) bond motifs is 32. The van der Waals surface area contributed by atoms with E-state index in [0.29, 0.717) is 50.5 Å². The summed E-state index contributed by atoms with van der Waals surface area (Å²) in [7, 11) is -2.72. The van der Waals surface area contributed by atoms with E-state index in [1.54, 1.807) is 0 Å². The van der Waals surface area contributed by atoms with Crippen LogP contribution in [-0.4, -0.2) is 50.8 Å². The number of ether oxygens (including phenoxy) is 4. The van der Waals surface area contributed by atoms with Gasteiger partial charge in [-0.1, -0.05) is 279 Å². The highest BCUT2D eigenvalue weighted by Gasteiger charge is 2.42. The van der Waals surface area contributed by atoms with Crippen molar-refractivity contribution in [1.29, 1.82) is 0 Å². The second-order valence-corrected chi connectivity index (χ2v) is 39.5. The van der Waals surface area contributed by atoms with E-state index in [-0.39, 0.29) is 0 Å². The number of hydrogen-bond acceptors (Lipinski definition) is 11. The summed E-state index contributed by atoms with van der Waals surface area (Å²) in [6.07, 6.45) is 0. The molecule has 0 atom stereocenters. The van der Waals surface area contributed by atoms with Gasteiger partial charge in [-0.3, -0.25) is 18.3 Å². The minimum absolute atomic E-state index is 0.473. The van der Waals surface area contributed by atoms with Crippen LogP contribution in [0.4, 0.5) is 0 Å². The molecule has 0 N–H and O–H groups in total.